The molecular formula is C19H23N5OS. The summed E-state index contributed by atoms with van der Waals surface area (Å²) < 4.78 is 0. The maximum absolute atomic E-state index is 12.9. The van der Waals surface area contributed by atoms with Crippen molar-refractivity contribution in [3.05, 3.63) is 30.3 Å². The van der Waals surface area contributed by atoms with E-state index in [4.69, 9.17) is 0 Å². The van der Waals surface area contributed by atoms with Gasteiger partial charge in [0.2, 0.25) is 11.1 Å². The minimum Gasteiger partial charge on any atom is -0.326 e. The third-order valence-corrected chi connectivity index (χ3v) is 5.95. The van der Waals surface area contributed by atoms with Crippen LogP contribution in [-0.4, -0.2) is 43.8 Å². The highest BCUT2D eigenvalue weighted by atomic mass is 32.2. The van der Waals surface area contributed by atoms with E-state index >= 15 is 0 Å². The number of amides is 1. The molecule has 1 heterocycles. The fraction of sp³-hybridized carbons (Fsp3) is 0.474. The summed E-state index contributed by atoms with van der Waals surface area (Å²) >= 11 is 1.31. The lowest BCUT2D eigenvalue weighted by molar-refractivity contribution is -0.133. The summed E-state index contributed by atoms with van der Waals surface area (Å²) in [5, 5.41) is 17.0. The maximum Gasteiger partial charge on any atom is 0.236 e. The number of benzene rings is 1. The Balaban J connectivity index is 1.68. The van der Waals surface area contributed by atoms with Crippen molar-refractivity contribution in [2.75, 3.05) is 7.05 Å². The lowest BCUT2D eigenvalue weighted by Crippen LogP contribution is -2.52. The Morgan fingerprint density at radius 3 is 2.65 bits per heavy atom. The van der Waals surface area contributed by atoms with Crippen LogP contribution in [0.2, 0.25) is 0 Å². The lowest BCUT2D eigenvalue weighted by atomic mass is 9.81. The molecule has 0 radical (unpaired) electrons. The number of carbonyl (C=O) groups excluding carboxylic acids is 1. The normalized spacial score (nSPS) is 17.3. The van der Waals surface area contributed by atoms with Crippen molar-refractivity contribution >= 4 is 17.7 Å². The van der Waals surface area contributed by atoms with Crippen LogP contribution in [0.4, 0.5) is 0 Å². The molecule has 1 amide bonds. The summed E-state index contributed by atoms with van der Waals surface area (Å²) in [6.07, 6.45) is 4.63. The van der Waals surface area contributed by atoms with Crippen molar-refractivity contribution < 1.29 is 4.79 Å². The molecule has 1 saturated carbocycles. The van der Waals surface area contributed by atoms with Crippen LogP contribution in [0.1, 0.15) is 39.0 Å². The maximum atomic E-state index is 12.9. The number of aromatic nitrogens is 3. The van der Waals surface area contributed by atoms with Gasteiger partial charge in [-0.05, 0) is 19.8 Å². The summed E-state index contributed by atoms with van der Waals surface area (Å²) in [5.41, 5.74) is 0.284. The average molecular weight is 369 g/mol. The Morgan fingerprint density at radius 2 is 2.00 bits per heavy atom. The summed E-state index contributed by atoms with van der Waals surface area (Å²) in [6.45, 7) is 1.84. The van der Waals surface area contributed by atoms with Crippen LogP contribution in [0.25, 0.3) is 11.4 Å². The first-order valence-electron chi connectivity index (χ1n) is 8.89. The van der Waals surface area contributed by atoms with Crippen LogP contribution in [-0.2, 0) is 4.79 Å². The van der Waals surface area contributed by atoms with E-state index in [1.807, 2.05) is 37.3 Å². The quantitative estimate of drug-likeness (QED) is 0.813. The van der Waals surface area contributed by atoms with Crippen LogP contribution in [0.3, 0.4) is 0 Å². The predicted molar refractivity (Wildman–Crippen MR) is 101 cm³/mol. The van der Waals surface area contributed by atoms with Gasteiger partial charge in [-0.25, -0.2) is 4.98 Å². The first kappa shape index (κ1) is 18.5. The molecule has 1 N–H and O–H groups in total. The third kappa shape index (κ3) is 3.75. The molecule has 6 nitrogen and oxygen atoms in total. The molecule has 26 heavy (non-hydrogen) atoms. The van der Waals surface area contributed by atoms with Gasteiger partial charge in [0.25, 0.3) is 0 Å². The molecule has 0 bridgehead atoms. The van der Waals surface area contributed by atoms with Gasteiger partial charge in [0.1, 0.15) is 5.54 Å². The van der Waals surface area contributed by atoms with E-state index < -0.39 is 5.54 Å². The van der Waals surface area contributed by atoms with Crippen molar-refractivity contribution in [2.24, 2.45) is 0 Å². The first-order valence-corrected chi connectivity index (χ1v) is 9.77. The van der Waals surface area contributed by atoms with Gasteiger partial charge in [0.05, 0.1) is 11.3 Å². The Morgan fingerprint density at radius 1 is 1.31 bits per heavy atom. The second kappa shape index (κ2) is 7.92. The number of H-pyrrole nitrogens is 1. The predicted octanol–water partition coefficient (Wildman–Crippen LogP) is 3.64. The fourth-order valence-corrected chi connectivity index (χ4v) is 4.19. The van der Waals surface area contributed by atoms with E-state index in [2.05, 4.69) is 21.3 Å². The Labute approximate surface area is 158 Å². The van der Waals surface area contributed by atoms with Gasteiger partial charge < -0.3 is 4.90 Å². The number of nitriles is 1. The molecule has 1 aliphatic rings. The second-order valence-corrected chi connectivity index (χ2v) is 8.00. The van der Waals surface area contributed by atoms with Gasteiger partial charge >= 0.3 is 0 Å². The molecule has 1 aliphatic carbocycles. The van der Waals surface area contributed by atoms with Crippen molar-refractivity contribution in [3.63, 3.8) is 0 Å². The molecule has 0 unspecified atom stereocenters. The Kier molecular flexibility index (Phi) is 5.62. The zero-order valence-electron chi connectivity index (χ0n) is 15.1. The van der Waals surface area contributed by atoms with E-state index in [9.17, 15) is 10.1 Å². The molecule has 3 rings (SSSR count). The van der Waals surface area contributed by atoms with Crippen molar-refractivity contribution in [3.8, 4) is 17.5 Å². The van der Waals surface area contributed by atoms with Crippen LogP contribution in [0, 0.1) is 11.3 Å². The number of aromatic amines is 1. The molecule has 1 aromatic carbocycles. The molecular weight excluding hydrogens is 346 g/mol. The molecule has 1 aromatic heterocycles. The highest BCUT2D eigenvalue weighted by molar-refractivity contribution is 8.00. The van der Waals surface area contributed by atoms with Crippen LogP contribution >= 0.6 is 11.8 Å². The molecule has 2 aromatic rings. The third-order valence-electron chi connectivity index (χ3n) is 5.00. The zero-order chi connectivity index (χ0) is 18.6. The molecule has 1 atom stereocenters. The van der Waals surface area contributed by atoms with E-state index in [-0.39, 0.29) is 11.2 Å². The molecule has 1 fully saturated rings. The number of hydrogen-bond acceptors (Lipinski definition) is 5. The Hall–Kier alpha value is -2.33. The number of thioether (sulfide) groups is 1. The molecule has 0 spiro atoms. The van der Waals surface area contributed by atoms with Gasteiger partial charge in [-0.2, -0.15) is 5.26 Å². The largest absolute Gasteiger partial charge is 0.326 e. The van der Waals surface area contributed by atoms with Gasteiger partial charge in [-0.1, -0.05) is 61.4 Å². The number of carbonyl (C=O) groups is 1. The monoisotopic (exact) mass is 369 g/mol. The second-order valence-electron chi connectivity index (χ2n) is 6.69. The summed E-state index contributed by atoms with van der Waals surface area (Å²) in [6, 6.07) is 12.1. The van der Waals surface area contributed by atoms with Crippen molar-refractivity contribution in [1.29, 1.82) is 5.26 Å². The van der Waals surface area contributed by atoms with Crippen LogP contribution in [0.5, 0.6) is 0 Å². The van der Waals surface area contributed by atoms with Gasteiger partial charge in [-0.3, -0.25) is 9.89 Å². The number of nitrogens with one attached hydrogen (secondary N) is 1. The van der Waals surface area contributed by atoms with Gasteiger partial charge in [-0.15, -0.1) is 5.10 Å². The van der Waals surface area contributed by atoms with E-state index in [1.165, 1.54) is 11.8 Å². The number of rotatable bonds is 5. The summed E-state index contributed by atoms with van der Waals surface area (Å²) in [5.74, 6) is 0.631. The lowest BCUT2D eigenvalue weighted by Gasteiger charge is -2.39. The topological polar surface area (TPSA) is 85.7 Å². The van der Waals surface area contributed by atoms with Crippen LogP contribution in [0.15, 0.2) is 35.5 Å². The van der Waals surface area contributed by atoms with E-state index in [1.54, 1.807) is 11.9 Å². The minimum absolute atomic E-state index is 0.0514. The summed E-state index contributed by atoms with van der Waals surface area (Å²) in [4.78, 5) is 19.0. The van der Waals surface area contributed by atoms with Gasteiger partial charge in [0.15, 0.2) is 5.82 Å². The molecule has 136 valence electrons. The molecule has 0 saturated heterocycles. The highest BCUT2D eigenvalue weighted by Gasteiger charge is 2.40. The summed E-state index contributed by atoms with van der Waals surface area (Å²) in [7, 11) is 1.75. The van der Waals surface area contributed by atoms with Crippen LogP contribution < -0.4 is 0 Å². The highest BCUT2D eigenvalue weighted by Crippen LogP contribution is 2.34. The number of hydrogen-bond donors (Lipinski definition) is 1. The van der Waals surface area contributed by atoms with E-state index in [0.29, 0.717) is 11.0 Å². The van der Waals surface area contributed by atoms with E-state index in [0.717, 1.165) is 37.7 Å². The molecule has 0 aliphatic heterocycles. The minimum atomic E-state index is -0.668. The number of nitrogens with zero attached hydrogens (tertiary/aromatic N) is 4. The smallest absolute Gasteiger partial charge is 0.236 e. The zero-order valence-corrected chi connectivity index (χ0v) is 15.9. The standard InChI is InChI=1S/C19H23N5OS/c1-14(17(25)24(2)19(13-20)11-7-4-8-12-19)26-18-21-16(22-23-18)15-9-5-3-6-10-15/h3,5-6,9-10,14H,4,7-8,11-12H2,1-2H3,(H,21,22,23)/t14-/m1/s1. The first-order chi connectivity index (χ1) is 12.6. The van der Waals surface area contributed by atoms with Crippen molar-refractivity contribution in [1.82, 2.24) is 20.1 Å². The van der Waals surface area contributed by atoms with Gasteiger partial charge in [0, 0.05) is 12.6 Å². The SMILES string of the molecule is C[C@@H](Sc1n[nH]c(-c2ccccc2)n1)C(=O)N(C)C1(C#N)CCCCC1. The van der Waals surface area contributed by atoms with Crippen molar-refractivity contribution in [2.45, 2.75) is 55.0 Å². The Bertz CT molecular complexity index is 792. The average Bonchev–Trinajstić information content (AvgIpc) is 3.16. The molecule has 7 heteroatoms. The fourth-order valence-electron chi connectivity index (χ4n) is 3.38.